The molecule has 2 aliphatic rings. The normalized spacial score (nSPS) is 29.2. The first-order valence-electron chi connectivity index (χ1n) is 9.12. The Hall–Kier alpha value is -2.35. The van der Waals surface area contributed by atoms with Crippen LogP contribution >= 0.6 is 0 Å². The van der Waals surface area contributed by atoms with Crippen LogP contribution in [0.15, 0.2) is 28.5 Å². The van der Waals surface area contributed by atoms with E-state index in [1.807, 2.05) is 13.8 Å². The van der Waals surface area contributed by atoms with Gasteiger partial charge in [0.2, 0.25) is 11.8 Å². The van der Waals surface area contributed by atoms with E-state index < -0.39 is 18.0 Å². The van der Waals surface area contributed by atoms with E-state index in [4.69, 9.17) is 17.2 Å². The van der Waals surface area contributed by atoms with Gasteiger partial charge in [-0.25, -0.2) is 0 Å². The lowest BCUT2D eigenvalue weighted by Crippen LogP contribution is -2.51. The second-order valence-electron chi connectivity index (χ2n) is 7.28. The Morgan fingerprint density at radius 2 is 1.96 bits per heavy atom. The number of allylic oxidation sites excluding steroid dienone is 2. The highest BCUT2D eigenvalue weighted by Gasteiger charge is 2.29. The van der Waals surface area contributed by atoms with Crippen molar-refractivity contribution >= 4 is 18.0 Å². The Morgan fingerprint density at radius 1 is 1.27 bits per heavy atom. The lowest BCUT2D eigenvalue weighted by Gasteiger charge is -2.32. The van der Waals surface area contributed by atoms with Gasteiger partial charge in [-0.05, 0) is 24.8 Å². The first kappa shape index (κ1) is 20.0. The van der Waals surface area contributed by atoms with Crippen LogP contribution in [-0.2, 0) is 9.59 Å². The molecule has 0 aromatic heterocycles. The summed E-state index contributed by atoms with van der Waals surface area (Å²) in [6.45, 7) is 3.79. The summed E-state index contributed by atoms with van der Waals surface area (Å²) in [5.74, 6) is -0.927. The van der Waals surface area contributed by atoms with Gasteiger partial charge in [0, 0.05) is 30.1 Å². The molecule has 0 aromatic rings. The number of aliphatic imine (C=N–C) groups is 1. The standard InChI is InChI=1S/C18H30N6O2/c1-10(2)13(20)8-16(25)24-15-7-11(9-22-17(15)18(21)26)23-14-6-4-3-5-12(14)19/h7-10,12,14-15,17,23H,3-6,19-20H2,1-2H3,(H2,21,26)(H,24,25)/t12-,14+,15?,17?/m0/s1. The maximum absolute atomic E-state index is 12.2. The van der Waals surface area contributed by atoms with Crippen molar-refractivity contribution in [1.82, 2.24) is 10.6 Å². The van der Waals surface area contributed by atoms with Crippen LogP contribution in [0.1, 0.15) is 39.5 Å². The van der Waals surface area contributed by atoms with Gasteiger partial charge in [-0.3, -0.25) is 14.6 Å². The summed E-state index contributed by atoms with van der Waals surface area (Å²) >= 11 is 0. The summed E-state index contributed by atoms with van der Waals surface area (Å²) in [7, 11) is 0. The van der Waals surface area contributed by atoms with Gasteiger partial charge in [-0.2, -0.15) is 0 Å². The quantitative estimate of drug-likeness (QED) is 0.410. The zero-order chi connectivity index (χ0) is 19.3. The van der Waals surface area contributed by atoms with E-state index in [1.165, 1.54) is 6.08 Å². The highest BCUT2D eigenvalue weighted by Crippen LogP contribution is 2.19. The van der Waals surface area contributed by atoms with E-state index in [0.29, 0.717) is 5.70 Å². The molecule has 0 spiro atoms. The summed E-state index contributed by atoms with van der Waals surface area (Å²) in [5, 5.41) is 6.13. The van der Waals surface area contributed by atoms with Gasteiger partial charge in [0.1, 0.15) is 0 Å². The Labute approximate surface area is 154 Å². The second-order valence-corrected chi connectivity index (χ2v) is 7.28. The summed E-state index contributed by atoms with van der Waals surface area (Å²) in [6, 6.07) is -1.25. The molecule has 8 heteroatoms. The topological polar surface area (TPSA) is 149 Å². The van der Waals surface area contributed by atoms with Crippen molar-refractivity contribution in [3.63, 3.8) is 0 Å². The van der Waals surface area contributed by atoms with Gasteiger partial charge < -0.3 is 27.8 Å². The molecule has 1 aliphatic carbocycles. The average Bonchev–Trinajstić information content (AvgIpc) is 2.56. The fourth-order valence-electron chi connectivity index (χ4n) is 3.11. The molecule has 0 saturated heterocycles. The van der Waals surface area contributed by atoms with E-state index in [0.717, 1.165) is 31.4 Å². The number of rotatable bonds is 6. The van der Waals surface area contributed by atoms with Crippen LogP contribution in [0.4, 0.5) is 0 Å². The predicted octanol–water partition coefficient (Wildman–Crippen LogP) is -0.348. The number of hydrogen-bond donors (Lipinski definition) is 5. The molecule has 2 unspecified atom stereocenters. The minimum Gasteiger partial charge on any atom is -0.402 e. The monoisotopic (exact) mass is 362 g/mol. The molecule has 1 heterocycles. The first-order valence-corrected chi connectivity index (χ1v) is 9.12. The van der Waals surface area contributed by atoms with Crippen LogP contribution in [0.25, 0.3) is 0 Å². The van der Waals surface area contributed by atoms with E-state index >= 15 is 0 Å². The van der Waals surface area contributed by atoms with Crippen LogP contribution in [0.5, 0.6) is 0 Å². The Balaban J connectivity index is 2.10. The molecule has 2 amide bonds. The first-order chi connectivity index (χ1) is 12.3. The zero-order valence-electron chi connectivity index (χ0n) is 15.4. The van der Waals surface area contributed by atoms with Gasteiger partial charge in [0.05, 0.1) is 11.7 Å². The van der Waals surface area contributed by atoms with Gasteiger partial charge >= 0.3 is 0 Å². The number of amides is 2. The highest BCUT2D eigenvalue weighted by molar-refractivity contribution is 5.92. The minimum atomic E-state index is -0.849. The van der Waals surface area contributed by atoms with Gasteiger partial charge in [0.25, 0.3) is 0 Å². The number of carbonyl (C=O) groups excluding carboxylic acids is 2. The van der Waals surface area contributed by atoms with Crippen LogP contribution in [0, 0.1) is 5.92 Å². The number of nitrogens with two attached hydrogens (primary N) is 3. The van der Waals surface area contributed by atoms with E-state index in [2.05, 4.69) is 15.6 Å². The fraction of sp³-hybridized carbons (Fsp3) is 0.611. The fourth-order valence-corrected chi connectivity index (χ4v) is 3.11. The van der Waals surface area contributed by atoms with E-state index in [1.54, 1.807) is 12.3 Å². The summed E-state index contributed by atoms with van der Waals surface area (Å²) in [5.41, 5.74) is 18.6. The molecule has 2 rings (SSSR count). The smallest absolute Gasteiger partial charge is 0.246 e. The van der Waals surface area contributed by atoms with Crippen molar-refractivity contribution in [2.24, 2.45) is 28.1 Å². The van der Waals surface area contributed by atoms with Crippen molar-refractivity contribution < 1.29 is 9.59 Å². The molecule has 0 aromatic carbocycles. The molecule has 8 N–H and O–H groups in total. The lowest BCUT2D eigenvalue weighted by atomic mass is 9.90. The second kappa shape index (κ2) is 8.84. The predicted molar refractivity (Wildman–Crippen MR) is 102 cm³/mol. The average molecular weight is 362 g/mol. The Morgan fingerprint density at radius 3 is 2.58 bits per heavy atom. The molecule has 8 nitrogen and oxygen atoms in total. The van der Waals surface area contributed by atoms with Crippen LogP contribution in [0.2, 0.25) is 0 Å². The molecule has 1 aliphatic heterocycles. The molecule has 0 bridgehead atoms. The number of nitrogens with one attached hydrogen (secondary N) is 2. The number of dihydropyridines is 1. The highest BCUT2D eigenvalue weighted by atomic mass is 16.2. The Bertz CT molecular complexity index is 625. The maximum Gasteiger partial charge on any atom is 0.246 e. The summed E-state index contributed by atoms with van der Waals surface area (Å²) < 4.78 is 0. The third kappa shape index (κ3) is 5.32. The van der Waals surface area contributed by atoms with Crippen molar-refractivity contribution in [2.45, 2.75) is 63.7 Å². The molecule has 26 heavy (non-hydrogen) atoms. The summed E-state index contributed by atoms with van der Waals surface area (Å²) in [6.07, 6.45) is 8.90. The molecule has 1 fully saturated rings. The lowest BCUT2D eigenvalue weighted by molar-refractivity contribution is -0.120. The van der Waals surface area contributed by atoms with Crippen LogP contribution in [0.3, 0.4) is 0 Å². The van der Waals surface area contributed by atoms with E-state index in [9.17, 15) is 9.59 Å². The zero-order valence-corrected chi connectivity index (χ0v) is 15.4. The van der Waals surface area contributed by atoms with Crippen molar-refractivity contribution in [1.29, 1.82) is 0 Å². The van der Waals surface area contributed by atoms with Gasteiger partial charge in [-0.15, -0.1) is 0 Å². The molecule has 4 atom stereocenters. The third-order valence-electron chi connectivity index (χ3n) is 4.81. The number of carbonyl (C=O) groups is 2. The molecule has 144 valence electrons. The van der Waals surface area contributed by atoms with Crippen LogP contribution in [-0.4, -0.2) is 42.2 Å². The SMILES string of the molecule is CC(C)C(N)=CC(=O)NC1C=C(N[C@@H]2CCCC[C@@H]2N)C=NC1C(N)=O. The maximum atomic E-state index is 12.2. The number of nitrogens with zero attached hydrogens (tertiary/aromatic N) is 1. The number of primary amides is 1. The Kier molecular flexibility index (Phi) is 6.79. The van der Waals surface area contributed by atoms with Crippen LogP contribution < -0.4 is 27.8 Å². The molecule has 0 radical (unpaired) electrons. The van der Waals surface area contributed by atoms with Gasteiger partial charge in [0.15, 0.2) is 6.04 Å². The number of hydrogen-bond acceptors (Lipinski definition) is 6. The van der Waals surface area contributed by atoms with Crippen molar-refractivity contribution in [3.05, 3.63) is 23.5 Å². The third-order valence-corrected chi connectivity index (χ3v) is 4.81. The van der Waals surface area contributed by atoms with Crippen molar-refractivity contribution in [3.8, 4) is 0 Å². The molecule has 1 saturated carbocycles. The van der Waals surface area contributed by atoms with Crippen molar-refractivity contribution in [2.75, 3.05) is 0 Å². The largest absolute Gasteiger partial charge is 0.402 e. The molecular formula is C18H30N6O2. The van der Waals surface area contributed by atoms with Gasteiger partial charge in [-0.1, -0.05) is 26.7 Å². The van der Waals surface area contributed by atoms with E-state index in [-0.39, 0.29) is 23.9 Å². The minimum absolute atomic E-state index is 0.0534. The summed E-state index contributed by atoms with van der Waals surface area (Å²) in [4.78, 5) is 28.1. The molecular weight excluding hydrogens is 332 g/mol.